The molecule has 0 amide bonds. The Morgan fingerprint density at radius 3 is 1.06 bits per heavy atom. The number of hydrogen-bond donors (Lipinski definition) is 12. The predicted octanol–water partition coefficient (Wildman–Crippen LogP) is 15.4. The number of nitrogens with one attached hydrogen (secondary N) is 8. The lowest BCUT2D eigenvalue weighted by atomic mass is 9.85. The second-order valence-electron chi connectivity index (χ2n) is 33.2. The van der Waals surface area contributed by atoms with Crippen LogP contribution in [-0.4, -0.2) is 187 Å². The Balaban J connectivity index is 0.000000202. The number of amidine groups is 8. The van der Waals surface area contributed by atoms with Crippen molar-refractivity contribution in [1.29, 1.82) is 0 Å². The maximum absolute atomic E-state index is 13.0. The number of anilines is 4. The fourth-order valence-corrected chi connectivity index (χ4v) is 28.1. The van der Waals surface area contributed by atoms with Crippen molar-refractivity contribution >= 4 is 200 Å². The molecule has 0 aliphatic carbocycles. The van der Waals surface area contributed by atoms with E-state index in [1.807, 2.05) is 106 Å². The normalized spacial score (nSPS) is 17.4. The molecule has 0 saturated carbocycles. The highest BCUT2D eigenvalue weighted by Crippen LogP contribution is 2.47. The molecule has 12 rings (SSSR count). The van der Waals surface area contributed by atoms with E-state index in [-0.39, 0.29) is 180 Å². The summed E-state index contributed by atoms with van der Waals surface area (Å²) in [4.78, 5) is 1.09. The lowest BCUT2D eigenvalue weighted by Gasteiger charge is -2.30. The number of aryl methyl sites for hydroxylation is 5. The van der Waals surface area contributed by atoms with Gasteiger partial charge in [-0.05, 0) is 117 Å². The molecule has 4 aliphatic rings. The van der Waals surface area contributed by atoms with Gasteiger partial charge in [-0.15, -0.1) is 80.5 Å². The van der Waals surface area contributed by atoms with Crippen LogP contribution in [0, 0.1) is 51.9 Å². The predicted molar refractivity (Wildman–Crippen MR) is 541 cm³/mol. The summed E-state index contributed by atoms with van der Waals surface area (Å²) in [6.07, 6.45) is 4.11. The molecule has 12 N–H and O–H groups in total. The Kier molecular flexibility index (Phi) is 37.6. The fourth-order valence-electron chi connectivity index (χ4n) is 13.7. The molecule has 8 aromatic heterocycles. The zero-order valence-corrected chi connectivity index (χ0v) is 89.6. The van der Waals surface area contributed by atoms with Crippen molar-refractivity contribution in [2.75, 3.05) is 73.6 Å². The summed E-state index contributed by atoms with van der Waals surface area (Å²) >= 11 is -3.70. The van der Waals surface area contributed by atoms with Crippen LogP contribution in [0.4, 0.5) is 22.7 Å². The summed E-state index contributed by atoms with van der Waals surface area (Å²) in [6.45, 7) is 49.6. The van der Waals surface area contributed by atoms with Gasteiger partial charge in [0.05, 0.1) is 59.4 Å². The average Bonchev–Trinajstić information content (AvgIpc) is 1.64. The minimum atomic E-state index is -3.86. The van der Waals surface area contributed by atoms with Gasteiger partial charge in [0, 0.05) is 72.9 Å². The summed E-state index contributed by atoms with van der Waals surface area (Å²) in [5.41, 5.74) is 3.52. The van der Waals surface area contributed by atoms with Crippen LogP contribution in [0.25, 0.3) is 0 Å². The molecule has 40 nitrogen and oxygen atoms in total. The minimum Gasteiger partial charge on any atom is -0.504 e. The van der Waals surface area contributed by atoms with E-state index in [0.29, 0.717) is 51.1 Å². The number of hydrogen-bond acceptors (Lipinski definition) is 32. The zero-order valence-electron chi connectivity index (χ0n) is 79.8. The summed E-state index contributed by atoms with van der Waals surface area (Å²) < 4.78 is 212. The van der Waals surface area contributed by atoms with Crippen LogP contribution in [0.5, 0.6) is 23.0 Å². The number of rotatable bonds is 33. The standard InChI is InChI=1S/C22H33N5O5S3.C21H31N5O5S3.2C20H29N5O5S3/c1-8-27(9-2)35(30,31)22-19(28)18(14(7)33-22)24-21-20(25-34(29)26-21)23-17(13(5)6)16-10-15(11-32-16)12(3)4;1-7-15(16-10-14(11-31-16)12(4)5)22-19-20(25-33(28)24-19)23-17-13(6)32-21(18(17)27)34(29,30)26(8-2)9-3;1-7-25(8-2)33(28,29)20-17(26)14(10-31-20)21-18-19(24-32(27)23-18)22-16(11(3)4)15-9-12(5)13(6)30-15;1-7-25(8-2)33(28,29)19-15(26)13(11-31-19)21-17-18(24-32(27)23-17)22-16(20(4,5)6)14-10-9-12(3)30-14/h10-13,17,28H,8-9H2,1-7H3,(H,23,25)(H,24,26);10-12,15,27H,7-9H2,1-6H3,(H,22,24)(H,23,25);2*9-11,16,26H,7-8H2,1-6H3,(H,21,23)(H,22,24)/t17-,34?;15-,33?;2*16-,32?/m1110/s1. The monoisotopic (exact) mass is 2100 g/mol. The van der Waals surface area contributed by atoms with Crippen LogP contribution in [0.3, 0.4) is 0 Å². The van der Waals surface area contributed by atoms with E-state index < -0.39 is 108 Å². The summed E-state index contributed by atoms with van der Waals surface area (Å²) in [6, 6.07) is 8.51. The molecule has 0 bridgehead atoms. The van der Waals surface area contributed by atoms with Gasteiger partial charge in [0.15, 0.2) is 86.5 Å². The fraction of sp³-hybridized carbons (Fsp3) is 0.518. The molecule has 4 unspecified atom stereocenters. The third-order valence-electron chi connectivity index (χ3n) is 21.5. The third-order valence-corrected chi connectivity index (χ3v) is 38.5. The van der Waals surface area contributed by atoms with Crippen LogP contribution in [0.2, 0.25) is 0 Å². The van der Waals surface area contributed by atoms with E-state index in [0.717, 1.165) is 73.6 Å². The molecular formula is C83H122N20O20S12. The topological polar surface area (TPSA) is 546 Å². The molecule has 12 heterocycles. The zero-order chi connectivity index (χ0) is 100. The number of sulfonamides is 4. The van der Waals surface area contributed by atoms with Crippen LogP contribution in [0.15, 0.2) is 123 Å². The maximum Gasteiger partial charge on any atom is 0.269 e. The first-order valence-electron chi connectivity index (χ1n) is 43.4. The Labute approximate surface area is 816 Å². The lowest BCUT2D eigenvalue weighted by molar-refractivity contribution is 0.261. The van der Waals surface area contributed by atoms with E-state index in [9.17, 15) is 70.9 Å². The highest BCUT2D eigenvalue weighted by molar-refractivity contribution is 7.92. The number of furan rings is 4. The molecule has 8 atom stereocenters. The van der Waals surface area contributed by atoms with Crippen LogP contribution >= 0.6 is 45.3 Å². The smallest absolute Gasteiger partial charge is 0.269 e. The van der Waals surface area contributed by atoms with Crippen molar-refractivity contribution in [2.45, 2.75) is 232 Å². The Bertz CT molecular complexity index is 6400. The van der Waals surface area contributed by atoms with Gasteiger partial charge in [-0.1, -0.05) is 138 Å². The van der Waals surface area contributed by atoms with Gasteiger partial charge in [0.25, 0.3) is 84.8 Å². The van der Waals surface area contributed by atoms with Gasteiger partial charge in [0.1, 0.15) is 34.6 Å². The van der Waals surface area contributed by atoms with Gasteiger partial charge in [0.2, 0.25) is 0 Å². The Morgan fingerprint density at radius 2 is 0.741 bits per heavy atom. The summed E-state index contributed by atoms with van der Waals surface area (Å²) in [5, 5.41) is 70.5. The first-order chi connectivity index (χ1) is 63.3. The van der Waals surface area contributed by atoms with E-state index in [4.69, 9.17) is 17.7 Å². The van der Waals surface area contributed by atoms with E-state index >= 15 is 0 Å². The van der Waals surface area contributed by atoms with Crippen molar-refractivity contribution < 1.29 is 88.6 Å². The van der Waals surface area contributed by atoms with Gasteiger partial charge >= 0.3 is 0 Å². The quantitative estimate of drug-likeness (QED) is 0.0182. The molecule has 746 valence electrons. The van der Waals surface area contributed by atoms with Gasteiger partial charge in [-0.2, -0.15) is 17.2 Å². The van der Waals surface area contributed by atoms with Crippen molar-refractivity contribution in [3.63, 3.8) is 0 Å². The first kappa shape index (κ1) is 110. The van der Waals surface area contributed by atoms with Crippen LogP contribution in [-0.2, 0) is 84.8 Å². The molecule has 0 aromatic carbocycles. The van der Waals surface area contributed by atoms with E-state index in [2.05, 4.69) is 105 Å². The second kappa shape index (κ2) is 46.3. The van der Waals surface area contributed by atoms with Gasteiger partial charge < -0.3 is 80.6 Å². The van der Waals surface area contributed by atoms with Gasteiger partial charge in [-0.3, -0.25) is 0 Å². The molecular weight excluding hydrogens is 1980 g/mol. The largest absolute Gasteiger partial charge is 0.504 e. The highest BCUT2D eigenvalue weighted by atomic mass is 32.3. The molecule has 4 aliphatic heterocycles. The SMILES string of the molecule is CCN(CC)S(=O)(=O)c1sc(C)c(NC2=NS(=O)N=C2N[C@@H](c2cc(C(C)C)co2)C(C)C)c1O.CCN(CC)S(=O)(=O)c1scc(NC2=NS(=O)N=C2N[C@@H](c2cc(C)c(C)o2)C(C)C)c1O.CCN(CC)S(=O)(=O)c1scc(NC2=NS(=O)N=C2N[C@@H](c2ccc(C)o2)C(C)(C)C)c1O.CC[C@@H](NC1=NS(=O)N=C1Nc1c(C)sc(S(=O)(=O)N(CC)CC)c1O)c1cc(C(C)C)co1. The molecule has 0 radical (unpaired) electrons. The van der Waals surface area contributed by atoms with Crippen molar-refractivity contribution in [3.8, 4) is 23.0 Å². The second-order valence-corrected chi connectivity index (χ2v) is 49.2. The summed E-state index contributed by atoms with van der Waals surface area (Å²) in [5.74, 6) is 5.11. The molecule has 0 saturated heterocycles. The summed E-state index contributed by atoms with van der Waals surface area (Å²) in [7, 11) is -15.4. The van der Waals surface area contributed by atoms with E-state index in [1.54, 1.807) is 81.8 Å². The van der Waals surface area contributed by atoms with E-state index in [1.165, 1.54) is 28.0 Å². The van der Waals surface area contributed by atoms with Gasteiger partial charge in [-0.25, -0.2) is 50.5 Å². The molecule has 0 spiro atoms. The number of thiophene rings is 4. The maximum atomic E-state index is 13.0. The lowest BCUT2D eigenvalue weighted by Crippen LogP contribution is -2.41. The van der Waals surface area contributed by atoms with Crippen LogP contribution < -0.4 is 42.5 Å². The Morgan fingerprint density at radius 1 is 0.407 bits per heavy atom. The van der Waals surface area contributed by atoms with Crippen molar-refractivity contribution in [3.05, 3.63) is 115 Å². The third kappa shape index (κ3) is 25.6. The number of nitrogens with zero attached hydrogens (tertiary/aromatic N) is 12. The first-order valence-corrected chi connectivity index (χ1v) is 56.8. The van der Waals surface area contributed by atoms with Crippen molar-refractivity contribution in [2.24, 2.45) is 52.4 Å². The number of aromatic hydroxyl groups is 4. The van der Waals surface area contributed by atoms with Crippen LogP contribution in [0.1, 0.15) is 242 Å². The minimum absolute atomic E-state index is 0.0984. The van der Waals surface area contributed by atoms with Crippen molar-refractivity contribution in [1.82, 2.24) is 38.5 Å². The Hall–Kier alpha value is -8.88. The molecule has 52 heteroatoms. The molecule has 0 fully saturated rings. The molecule has 8 aromatic rings. The average molecular weight is 2100 g/mol. The molecule has 135 heavy (non-hydrogen) atoms. The highest BCUT2D eigenvalue weighted by Gasteiger charge is 2.40.